The smallest absolute Gasteiger partial charge is 0.164 e. The van der Waals surface area contributed by atoms with Gasteiger partial charge >= 0.3 is 0 Å². The first-order valence-electron chi connectivity index (χ1n) is 9.59. The van der Waals surface area contributed by atoms with E-state index in [4.69, 9.17) is 4.74 Å². The number of carbonyl (C=O) groups is 1. The van der Waals surface area contributed by atoms with Crippen LogP contribution in [0.5, 0.6) is 5.75 Å². The number of ketones is 1. The quantitative estimate of drug-likeness (QED) is 0.800. The molecular formula is C23H23NO2. The van der Waals surface area contributed by atoms with Crippen LogP contribution in [0.25, 0.3) is 5.57 Å². The van der Waals surface area contributed by atoms with E-state index in [1.165, 1.54) is 23.1 Å². The van der Waals surface area contributed by atoms with E-state index in [9.17, 15) is 4.79 Å². The van der Waals surface area contributed by atoms with Crippen LogP contribution >= 0.6 is 0 Å². The lowest BCUT2D eigenvalue weighted by molar-refractivity contribution is -0.114. The van der Waals surface area contributed by atoms with Gasteiger partial charge in [-0.15, -0.1) is 0 Å². The Morgan fingerprint density at radius 1 is 1.12 bits per heavy atom. The van der Waals surface area contributed by atoms with Crippen molar-refractivity contribution in [1.29, 1.82) is 0 Å². The number of Topliss-reactive ketones (excluding diaryl/α,β-unsaturated/α-hetero) is 1. The minimum atomic E-state index is 0.319. The van der Waals surface area contributed by atoms with Crippen LogP contribution in [0.4, 0.5) is 0 Å². The third-order valence-electron chi connectivity index (χ3n) is 6.66. The third-order valence-corrected chi connectivity index (χ3v) is 6.66. The fraction of sp³-hybridized carbons (Fsp3) is 0.391. The number of pyridine rings is 1. The van der Waals surface area contributed by atoms with Gasteiger partial charge in [-0.3, -0.25) is 9.78 Å². The number of hydrogen-bond acceptors (Lipinski definition) is 3. The molecule has 1 fully saturated rings. The highest BCUT2D eigenvalue weighted by Crippen LogP contribution is 2.55. The van der Waals surface area contributed by atoms with Crippen molar-refractivity contribution in [3.63, 3.8) is 0 Å². The molecule has 1 saturated carbocycles. The van der Waals surface area contributed by atoms with Crippen LogP contribution in [0.2, 0.25) is 0 Å². The summed E-state index contributed by atoms with van der Waals surface area (Å²) in [5.41, 5.74) is 6.32. The first-order valence-corrected chi connectivity index (χ1v) is 9.59. The Bertz CT molecular complexity index is 900. The van der Waals surface area contributed by atoms with E-state index in [-0.39, 0.29) is 0 Å². The zero-order valence-electron chi connectivity index (χ0n) is 15.1. The van der Waals surface area contributed by atoms with E-state index in [1.807, 2.05) is 18.3 Å². The van der Waals surface area contributed by atoms with Gasteiger partial charge in [0.25, 0.3) is 0 Å². The third kappa shape index (κ3) is 2.33. The first kappa shape index (κ1) is 15.8. The summed E-state index contributed by atoms with van der Waals surface area (Å²) in [6.45, 7) is 0. The number of methoxy groups -OCH3 is 1. The largest absolute Gasteiger partial charge is 0.497 e. The monoisotopic (exact) mass is 345 g/mol. The van der Waals surface area contributed by atoms with Crippen LogP contribution in [-0.2, 0) is 11.2 Å². The number of aromatic nitrogens is 1. The van der Waals surface area contributed by atoms with Crippen molar-refractivity contribution >= 4 is 11.4 Å². The number of ether oxygens (including phenoxy) is 1. The van der Waals surface area contributed by atoms with Crippen molar-refractivity contribution in [2.45, 2.75) is 38.0 Å². The molecule has 0 N–H and O–H groups in total. The van der Waals surface area contributed by atoms with Gasteiger partial charge < -0.3 is 4.74 Å². The van der Waals surface area contributed by atoms with Gasteiger partial charge in [0.2, 0.25) is 0 Å². The molecule has 26 heavy (non-hydrogen) atoms. The van der Waals surface area contributed by atoms with Crippen LogP contribution in [0.3, 0.4) is 0 Å². The molecule has 1 heterocycles. The maximum atomic E-state index is 12.8. The Morgan fingerprint density at radius 3 is 2.85 bits per heavy atom. The second-order valence-electron chi connectivity index (χ2n) is 7.79. The van der Waals surface area contributed by atoms with Crippen LogP contribution in [0.15, 0.2) is 48.3 Å². The first-order chi connectivity index (χ1) is 12.8. The van der Waals surface area contributed by atoms with Crippen molar-refractivity contribution < 1.29 is 9.53 Å². The summed E-state index contributed by atoms with van der Waals surface area (Å²) in [7, 11) is 1.73. The number of aryl methyl sites for hydroxylation is 1. The van der Waals surface area contributed by atoms with E-state index in [0.717, 1.165) is 36.1 Å². The number of carbonyl (C=O) groups excluding carboxylic acids is 1. The van der Waals surface area contributed by atoms with Gasteiger partial charge in [-0.05, 0) is 72.8 Å². The van der Waals surface area contributed by atoms with Crippen molar-refractivity contribution in [2.24, 2.45) is 11.8 Å². The number of hydrogen-bond donors (Lipinski definition) is 0. The van der Waals surface area contributed by atoms with Crippen LogP contribution in [0, 0.1) is 11.8 Å². The second-order valence-corrected chi connectivity index (χ2v) is 7.79. The molecule has 0 radical (unpaired) electrons. The Kier molecular flexibility index (Phi) is 3.70. The fourth-order valence-corrected chi connectivity index (χ4v) is 5.57. The number of allylic oxidation sites excluding steroid dienone is 2. The minimum absolute atomic E-state index is 0.319. The summed E-state index contributed by atoms with van der Waals surface area (Å²) in [5, 5.41) is 0. The number of nitrogens with zero attached hydrogens (tertiary/aromatic N) is 1. The standard InChI is InChI=1S/C23H23NO2/c1-26-16-5-7-17-14(11-16)4-6-19-18(17)8-9-20-21(19)12-22(25)23(20)15-3-2-10-24-13-15/h2-3,5,7,10-11,13,18-19,21H,4,6,8-9,12H2,1H3/t18-,19-,21+/m1/s1. The lowest BCUT2D eigenvalue weighted by Gasteiger charge is -2.42. The predicted molar refractivity (Wildman–Crippen MR) is 101 cm³/mol. The summed E-state index contributed by atoms with van der Waals surface area (Å²) < 4.78 is 5.40. The Morgan fingerprint density at radius 2 is 2.04 bits per heavy atom. The normalized spacial score (nSPS) is 27.0. The molecule has 0 unspecified atom stereocenters. The van der Waals surface area contributed by atoms with Gasteiger partial charge in [0, 0.05) is 30.0 Å². The minimum Gasteiger partial charge on any atom is -0.497 e. The summed E-state index contributed by atoms with van der Waals surface area (Å²) in [6, 6.07) is 10.5. The maximum absolute atomic E-state index is 12.8. The molecule has 0 amide bonds. The van der Waals surface area contributed by atoms with Crippen LogP contribution < -0.4 is 4.74 Å². The van der Waals surface area contributed by atoms with E-state index in [2.05, 4.69) is 23.2 Å². The number of benzene rings is 1. The van der Waals surface area contributed by atoms with Crippen molar-refractivity contribution in [2.75, 3.05) is 7.11 Å². The summed E-state index contributed by atoms with van der Waals surface area (Å²) in [6.07, 6.45) is 8.75. The molecule has 5 rings (SSSR count). The lowest BCUT2D eigenvalue weighted by Crippen LogP contribution is -2.31. The highest BCUT2D eigenvalue weighted by molar-refractivity contribution is 6.24. The molecule has 3 nitrogen and oxygen atoms in total. The van der Waals surface area contributed by atoms with Gasteiger partial charge in [-0.1, -0.05) is 17.7 Å². The van der Waals surface area contributed by atoms with Crippen LogP contribution in [-0.4, -0.2) is 17.9 Å². The topological polar surface area (TPSA) is 39.2 Å². The summed E-state index contributed by atoms with van der Waals surface area (Å²) >= 11 is 0. The van der Waals surface area contributed by atoms with E-state index in [1.54, 1.807) is 13.3 Å². The van der Waals surface area contributed by atoms with Gasteiger partial charge in [-0.2, -0.15) is 0 Å². The zero-order valence-corrected chi connectivity index (χ0v) is 15.1. The highest BCUT2D eigenvalue weighted by Gasteiger charge is 2.45. The Hall–Kier alpha value is -2.42. The average molecular weight is 345 g/mol. The molecule has 3 aliphatic carbocycles. The Labute approximate surface area is 154 Å². The molecule has 3 atom stereocenters. The number of fused-ring (bicyclic) bond motifs is 5. The molecule has 3 aliphatic rings. The molecule has 0 aliphatic heterocycles. The molecular weight excluding hydrogens is 322 g/mol. The highest BCUT2D eigenvalue weighted by atomic mass is 16.5. The van der Waals surface area contributed by atoms with E-state index >= 15 is 0 Å². The van der Waals surface area contributed by atoms with Gasteiger partial charge in [0.15, 0.2) is 5.78 Å². The van der Waals surface area contributed by atoms with Gasteiger partial charge in [-0.25, -0.2) is 0 Å². The molecule has 0 saturated heterocycles. The van der Waals surface area contributed by atoms with Crippen LogP contribution in [0.1, 0.15) is 48.3 Å². The fourth-order valence-electron chi connectivity index (χ4n) is 5.57. The van der Waals surface area contributed by atoms with E-state index in [0.29, 0.717) is 30.0 Å². The summed E-state index contributed by atoms with van der Waals surface area (Å²) in [5.74, 6) is 2.87. The van der Waals surface area contributed by atoms with Crippen molar-refractivity contribution in [1.82, 2.24) is 4.98 Å². The van der Waals surface area contributed by atoms with Gasteiger partial charge in [0.1, 0.15) is 5.75 Å². The predicted octanol–water partition coefficient (Wildman–Crippen LogP) is 4.57. The zero-order chi connectivity index (χ0) is 17.7. The molecule has 0 spiro atoms. The number of rotatable bonds is 2. The summed E-state index contributed by atoms with van der Waals surface area (Å²) in [4.78, 5) is 17.1. The van der Waals surface area contributed by atoms with Crippen molar-refractivity contribution in [3.05, 3.63) is 65.0 Å². The molecule has 1 aromatic heterocycles. The molecule has 1 aromatic carbocycles. The molecule has 132 valence electrons. The maximum Gasteiger partial charge on any atom is 0.164 e. The molecule has 2 aromatic rings. The second kappa shape index (κ2) is 6.08. The van der Waals surface area contributed by atoms with E-state index < -0.39 is 0 Å². The SMILES string of the molecule is COc1ccc2c(c1)CC[C@H]1[C@@H]3CC(=O)C(c4cccnc4)=C3CC[C@H]21. The Balaban J connectivity index is 1.52. The van der Waals surface area contributed by atoms with Crippen molar-refractivity contribution in [3.8, 4) is 5.75 Å². The van der Waals surface area contributed by atoms with Gasteiger partial charge in [0.05, 0.1) is 7.11 Å². The molecule has 3 heteroatoms. The lowest BCUT2D eigenvalue weighted by atomic mass is 9.62. The average Bonchev–Trinajstić information content (AvgIpc) is 3.04. The molecule has 0 bridgehead atoms.